The lowest BCUT2D eigenvalue weighted by atomic mass is 10.1. The molecule has 1 aromatic rings. The van der Waals surface area contributed by atoms with Crippen molar-refractivity contribution in [3.8, 4) is 0 Å². The van der Waals surface area contributed by atoms with Crippen LogP contribution in [0.1, 0.15) is 25.8 Å². The third kappa shape index (κ3) is 2.99. The Labute approximate surface area is 104 Å². The summed E-state index contributed by atoms with van der Waals surface area (Å²) >= 11 is 0. The molecule has 0 bridgehead atoms. The first-order valence-corrected chi connectivity index (χ1v) is 6.39. The van der Waals surface area contributed by atoms with Gasteiger partial charge in [0.25, 0.3) is 0 Å². The van der Waals surface area contributed by atoms with Gasteiger partial charge in [-0.25, -0.2) is 0 Å². The predicted octanol–water partition coefficient (Wildman–Crippen LogP) is 2.27. The van der Waals surface area contributed by atoms with Gasteiger partial charge in [0.2, 0.25) is 0 Å². The van der Waals surface area contributed by atoms with E-state index in [4.69, 9.17) is 10.5 Å². The molecular formula is C14H22N2O. The molecule has 1 aromatic carbocycles. The lowest BCUT2D eigenvalue weighted by Gasteiger charge is -2.38. The smallest absolute Gasteiger partial charge is 0.0674 e. The largest absolute Gasteiger partial charge is 0.398 e. The van der Waals surface area contributed by atoms with Gasteiger partial charge in [-0.2, -0.15) is 0 Å². The number of hydrogen-bond donors (Lipinski definition) is 1. The number of rotatable bonds is 3. The molecule has 1 fully saturated rings. The van der Waals surface area contributed by atoms with E-state index in [1.807, 2.05) is 12.1 Å². The van der Waals surface area contributed by atoms with Crippen LogP contribution in [0.25, 0.3) is 0 Å². The van der Waals surface area contributed by atoms with Gasteiger partial charge in [0.05, 0.1) is 12.7 Å². The molecule has 1 heterocycles. The SMILES string of the molecule is CCC1COC(C)CN1Cc1ccccc1N. The summed E-state index contributed by atoms with van der Waals surface area (Å²) in [7, 11) is 0. The van der Waals surface area contributed by atoms with Crippen LogP contribution in [0, 0.1) is 0 Å². The zero-order valence-corrected chi connectivity index (χ0v) is 10.7. The Bertz CT molecular complexity index is 367. The molecule has 2 N–H and O–H groups in total. The number of benzene rings is 1. The number of nitrogen functional groups attached to an aromatic ring is 1. The van der Waals surface area contributed by atoms with E-state index in [1.165, 1.54) is 5.56 Å². The van der Waals surface area contributed by atoms with Crippen molar-refractivity contribution in [1.29, 1.82) is 0 Å². The maximum Gasteiger partial charge on any atom is 0.0674 e. The fraction of sp³-hybridized carbons (Fsp3) is 0.571. The first kappa shape index (κ1) is 12.4. The fourth-order valence-electron chi connectivity index (χ4n) is 2.38. The summed E-state index contributed by atoms with van der Waals surface area (Å²) in [5, 5.41) is 0. The second kappa shape index (κ2) is 5.52. The molecule has 1 aliphatic rings. The maximum atomic E-state index is 6.00. The number of hydrogen-bond acceptors (Lipinski definition) is 3. The lowest BCUT2D eigenvalue weighted by Crippen LogP contribution is -2.47. The highest BCUT2D eigenvalue weighted by molar-refractivity contribution is 5.46. The Morgan fingerprint density at radius 3 is 2.88 bits per heavy atom. The predicted molar refractivity (Wildman–Crippen MR) is 70.8 cm³/mol. The minimum atomic E-state index is 0.322. The van der Waals surface area contributed by atoms with Crippen LogP contribution in [0.5, 0.6) is 0 Å². The Balaban J connectivity index is 2.07. The van der Waals surface area contributed by atoms with E-state index in [2.05, 4.69) is 30.9 Å². The number of nitrogens with two attached hydrogens (primary N) is 1. The third-order valence-corrected chi connectivity index (χ3v) is 3.48. The zero-order chi connectivity index (χ0) is 12.3. The summed E-state index contributed by atoms with van der Waals surface area (Å²) in [6, 6.07) is 8.64. The van der Waals surface area contributed by atoms with Crippen LogP contribution in [0.2, 0.25) is 0 Å². The number of morpholine rings is 1. The Kier molecular flexibility index (Phi) is 4.02. The van der Waals surface area contributed by atoms with Crippen molar-refractivity contribution < 1.29 is 4.74 Å². The molecule has 3 nitrogen and oxygen atoms in total. The second-order valence-electron chi connectivity index (χ2n) is 4.83. The normalized spacial score (nSPS) is 26.0. The van der Waals surface area contributed by atoms with Gasteiger partial charge in [-0.15, -0.1) is 0 Å². The van der Waals surface area contributed by atoms with Crippen LogP contribution in [-0.4, -0.2) is 30.2 Å². The van der Waals surface area contributed by atoms with E-state index in [0.29, 0.717) is 12.1 Å². The summed E-state index contributed by atoms with van der Waals surface area (Å²) in [6.45, 7) is 7.11. The Morgan fingerprint density at radius 1 is 1.41 bits per heavy atom. The van der Waals surface area contributed by atoms with Crippen molar-refractivity contribution in [3.63, 3.8) is 0 Å². The molecule has 0 aliphatic carbocycles. The molecule has 0 amide bonds. The van der Waals surface area contributed by atoms with Gasteiger partial charge in [-0.1, -0.05) is 25.1 Å². The first-order chi connectivity index (χ1) is 8.20. The van der Waals surface area contributed by atoms with Gasteiger partial charge in [-0.3, -0.25) is 4.90 Å². The summed E-state index contributed by atoms with van der Waals surface area (Å²) in [5.74, 6) is 0. The highest BCUT2D eigenvalue weighted by atomic mass is 16.5. The summed E-state index contributed by atoms with van der Waals surface area (Å²) in [6.07, 6.45) is 1.45. The topological polar surface area (TPSA) is 38.5 Å². The molecule has 2 atom stereocenters. The fourth-order valence-corrected chi connectivity index (χ4v) is 2.38. The second-order valence-corrected chi connectivity index (χ2v) is 4.83. The highest BCUT2D eigenvalue weighted by Gasteiger charge is 2.25. The van der Waals surface area contributed by atoms with Crippen LogP contribution in [0.4, 0.5) is 5.69 Å². The molecule has 94 valence electrons. The van der Waals surface area contributed by atoms with Crippen molar-refractivity contribution in [3.05, 3.63) is 29.8 Å². The molecule has 0 radical (unpaired) electrons. The lowest BCUT2D eigenvalue weighted by molar-refractivity contribution is -0.0591. The quantitative estimate of drug-likeness (QED) is 0.815. The van der Waals surface area contributed by atoms with Gasteiger partial charge in [0.15, 0.2) is 0 Å². The Hall–Kier alpha value is -1.06. The molecule has 17 heavy (non-hydrogen) atoms. The minimum Gasteiger partial charge on any atom is -0.398 e. The van der Waals surface area contributed by atoms with Gasteiger partial charge in [-0.05, 0) is 25.0 Å². The number of anilines is 1. The van der Waals surface area contributed by atoms with Crippen molar-refractivity contribution in [2.24, 2.45) is 0 Å². The molecule has 1 aliphatic heterocycles. The van der Waals surface area contributed by atoms with Crippen molar-refractivity contribution in [2.75, 3.05) is 18.9 Å². The Morgan fingerprint density at radius 2 is 2.18 bits per heavy atom. The molecular weight excluding hydrogens is 212 g/mol. The molecule has 2 rings (SSSR count). The van der Waals surface area contributed by atoms with Crippen molar-refractivity contribution in [2.45, 2.75) is 39.0 Å². The standard InChI is InChI=1S/C14H22N2O/c1-3-13-10-17-11(2)8-16(13)9-12-6-4-5-7-14(12)15/h4-7,11,13H,3,8-10,15H2,1-2H3. The molecule has 3 heteroatoms. The molecule has 0 spiro atoms. The van der Waals surface area contributed by atoms with Crippen LogP contribution in [0.3, 0.4) is 0 Å². The monoisotopic (exact) mass is 234 g/mol. The molecule has 1 saturated heterocycles. The first-order valence-electron chi connectivity index (χ1n) is 6.39. The third-order valence-electron chi connectivity index (χ3n) is 3.48. The van der Waals surface area contributed by atoms with Crippen LogP contribution >= 0.6 is 0 Å². The highest BCUT2D eigenvalue weighted by Crippen LogP contribution is 2.20. The van der Waals surface area contributed by atoms with Gasteiger partial charge in [0.1, 0.15) is 0 Å². The minimum absolute atomic E-state index is 0.322. The van der Waals surface area contributed by atoms with Crippen molar-refractivity contribution >= 4 is 5.69 Å². The van der Waals surface area contributed by atoms with Crippen LogP contribution in [-0.2, 0) is 11.3 Å². The average Bonchev–Trinajstić information content (AvgIpc) is 2.32. The number of nitrogens with zero attached hydrogens (tertiary/aromatic N) is 1. The molecule has 0 aromatic heterocycles. The number of ether oxygens (including phenoxy) is 1. The molecule has 0 saturated carbocycles. The van der Waals surface area contributed by atoms with E-state index >= 15 is 0 Å². The van der Waals surface area contributed by atoms with E-state index < -0.39 is 0 Å². The van der Waals surface area contributed by atoms with Gasteiger partial charge >= 0.3 is 0 Å². The van der Waals surface area contributed by atoms with E-state index in [-0.39, 0.29) is 0 Å². The average molecular weight is 234 g/mol. The van der Waals surface area contributed by atoms with E-state index in [1.54, 1.807) is 0 Å². The van der Waals surface area contributed by atoms with Gasteiger partial charge in [0, 0.05) is 24.8 Å². The van der Waals surface area contributed by atoms with E-state index in [0.717, 1.165) is 31.8 Å². The van der Waals surface area contributed by atoms with Crippen LogP contribution < -0.4 is 5.73 Å². The van der Waals surface area contributed by atoms with E-state index in [9.17, 15) is 0 Å². The number of para-hydroxylation sites is 1. The van der Waals surface area contributed by atoms with Crippen molar-refractivity contribution in [1.82, 2.24) is 4.90 Å². The zero-order valence-electron chi connectivity index (χ0n) is 10.7. The van der Waals surface area contributed by atoms with Gasteiger partial charge < -0.3 is 10.5 Å². The summed E-state index contributed by atoms with van der Waals surface area (Å²) < 4.78 is 5.71. The summed E-state index contributed by atoms with van der Waals surface area (Å²) in [4.78, 5) is 2.49. The molecule has 2 unspecified atom stereocenters. The maximum absolute atomic E-state index is 6.00. The van der Waals surface area contributed by atoms with Crippen LogP contribution in [0.15, 0.2) is 24.3 Å². The summed E-state index contributed by atoms with van der Waals surface area (Å²) in [5.41, 5.74) is 8.11.